The zero-order valence-corrected chi connectivity index (χ0v) is 18.4. The van der Waals surface area contributed by atoms with Gasteiger partial charge >= 0.3 is 0 Å². The van der Waals surface area contributed by atoms with E-state index in [1.165, 1.54) is 10.8 Å². The number of amides is 1. The topological polar surface area (TPSA) is 101 Å². The third-order valence-corrected chi connectivity index (χ3v) is 6.73. The van der Waals surface area contributed by atoms with Gasteiger partial charge in [0.1, 0.15) is 16.8 Å². The van der Waals surface area contributed by atoms with Crippen molar-refractivity contribution in [3.63, 3.8) is 0 Å². The molecule has 1 atom stereocenters. The number of hydrogen-bond donors (Lipinski definition) is 2. The molecule has 1 aliphatic heterocycles. The maximum Gasteiger partial charge on any atom is 0.267 e. The number of rotatable bonds is 4. The van der Waals surface area contributed by atoms with Gasteiger partial charge in [-0.15, -0.1) is 0 Å². The average molecular weight is 436 g/mol. The van der Waals surface area contributed by atoms with Crippen molar-refractivity contribution in [2.24, 2.45) is 0 Å². The van der Waals surface area contributed by atoms with Gasteiger partial charge in [-0.1, -0.05) is 25.3 Å². The quantitative estimate of drug-likeness (QED) is 0.615. The summed E-state index contributed by atoms with van der Waals surface area (Å²) >= 11 is 0. The van der Waals surface area contributed by atoms with E-state index in [0.29, 0.717) is 29.8 Å². The Morgan fingerprint density at radius 1 is 1.22 bits per heavy atom. The Morgan fingerprint density at radius 2 is 2.03 bits per heavy atom. The van der Waals surface area contributed by atoms with Crippen molar-refractivity contribution >= 4 is 22.6 Å². The van der Waals surface area contributed by atoms with Crippen molar-refractivity contribution < 1.29 is 9.53 Å². The molecule has 8 nitrogen and oxygen atoms in total. The molecule has 0 aromatic carbocycles. The first-order chi connectivity index (χ1) is 15.5. The Morgan fingerprint density at radius 3 is 2.78 bits per heavy atom. The highest BCUT2D eigenvalue weighted by molar-refractivity contribution is 5.97. The average Bonchev–Trinajstić information content (AvgIpc) is 3.30. The van der Waals surface area contributed by atoms with Gasteiger partial charge in [0.15, 0.2) is 0 Å². The lowest BCUT2D eigenvalue weighted by Gasteiger charge is -2.23. The number of aromatic nitrogens is 3. The molecule has 168 valence electrons. The van der Waals surface area contributed by atoms with Crippen molar-refractivity contribution in [3.05, 3.63) is 51.4 Å². The normalized spacial score (nSPS) is 19.6. The Hall–Kier alpha value is -3.00. The van der Waals surface area contributed by atoms with Crippen LogP contribution in [-0.4, -0.2) is 38.6 Å². The first-order valence-electron chi connectivity index (χ1n) is 11.6. The van der Waals surface area contributed by atoms with Crippen LogP contribution < -0.4 is 16.4 Å². The zero-order chi connectivity index (χ0) is 22.2. The maximum absolute atomic E-state index is 13.4. The fourth-order valence-electron chi connectivity index (χ4n) is 4.95. The van der Waals surface area contributed by atoms with E-state index < -0.39 is 0 Å². The van der Waals surface area contributed by atoms with Crippen LogP contribution >= 0.6 is 0 Å². The van der Waals surface area contributed by atoms with E-state index in [9.17, 15) is 9.59 Å². The molecule has 0 unspecified atom stereocenters. The molecule has 2 fully saturated rings. The van der Waals surface area contributed by atoms with E-state index in [1.54, 1.807) is 16.8 Å². The fraction of sp³-hybridized carbons (Fsp3) is 0.500. The molecule has 1 aliphatic carbocycles. The first kappa shape index (κ1) is 20.9. The van der Waals surface area contributed by atoms with Crippen LogP contribution in [0.15, 0.2) is 29.2 Å². The summed E-state index contributed by atoms with van der Waals surface area (Å²) in [5.74, 6) is -0.293. The monoisotopic (exact) mass is 435 g/mol. The predicted octanol–water partition coefficient (Wildman–Crippen LogP) is 2.68. The maximum atomic E-state index is 13.4. The van der Waals surface area contributed by atoms with Crippen LogP contribution in [0.4, 0.5) is 0 Å². The number of pyridine rings is 2. The SMILES string of the molecule is Cc1cccn2c(=O)c3cc(C(=O)NC4CCCCC4)c(=N)n(C[C@H]4CCCO4)c3nc12. The largest absolute Gasteiger partial charge is 0.376 e. The Bertz CT molecular complexity index is 1300. The summed E-state index contributed by atoms with van der Waals surface area (Å²) in [6, 6.07) is 5.39. The van der Waals surface area contributed by atoms with E-state index in [4.69, 9.17) is 15.1 Å². The standard InChI is InChI=1S/C24H29N5O3/c1-15-7-5-11-28-21(15)27-22-19(24(28)31)13-18(23(30)26-16-8-3-2-4-9-16)20(25)29(22)14-17-10-6-12-32-17/h5,7,11,13,16-17,25H,2-4,6,8-10,12,14H2,1H3,(H,26,30)/t17-/m1/s1. The second-order valence-electron chi connectivity index (χ2n) is 9.00. The van der Waals surface area contributed by atoms with Gasteiger partial charge in [-0.05, 0) is 50.3 Å². The van der Waals surface area contributed by atoms with Crippen molar-refractivity contribution in [1.82, 2.24) is 19.3 Å². The molecule has 4 heterocycles. The van der Waals surface area contributed by atoms with E-state index in [2.05, 4.69) is 5.32 Å². The first-order valence-corrected chi connectivity index (χ1v) is 11.6. The highest BCUT2D eigenvalue weighted by Crippen LogP contribution is 2.19. The highest BCUT2D eigenvalue weighted by Gasteiger charge is 2.24. The fourth-order valence-corrected chi connectivity index (χ4v) is 4.95. The number of hydrogen-bond acceptors (Lipinski definition) is 5. The minimum atomic E-state index is -0.293. The molecule has 1 saturated heterocycles. The molecule has 8 heteroatoms. The lowest BCUT2D eigenvalue weighted by molar-refractivity contribution is 0.0913. The smallest absolute Gasteiger partial charge is 0.267 e. The van der Waals surface area contributed by atoms with Crippen LogP contribution in [0.3, 0.4) is 0 Å². The third-order valence-electron chi connectivity index (χ3n) is 6.73. The molecule has 1 saturated carbocycles. The van der Waals surface area contributed by atoms with Gasteiger partial charge in [-0.25, -0.2) is 4.98 Å². The Balaban J connectivity index is 1.68. The Kier molecular flexibility index (Phi) is 5.55. The molecule has 2 N–H and O–H groups in total. The molecule has 0 spiro atoms. The molecule has 0 radical (unpaired) electrons. The zero-order valence-electron chi connectivity index (χ0n) is 18.4. The van der Waals surface area contributed by atoms with Gasteiger partial charge < -0.3 is 14.6 Å². The summed E-state index contributed by atoms with van der Waals surface area (Å²) in [6.07, 6.45) is 8.81. The predicted molar refractivity (Wildman–Crippen MR) is 121 cm³/mol. The van der Waals surface area contributed by atoms with Gasteiger partial charge in [0, 0.05) is 18.8 Å². The van der Waals surface area contributed by atoms with Crippen LogP contribution in [0, 0.1) is 12.3 Å². The molecule has 2 aliphatic rings. The number of nitrogens with one attached hydrogen (secondary N) is 2. The number of carbonyl (C=O) groups excluding carboxylic acids is 1. The van der Waals surface area contributed by atoms with E-state index in [-0.39, 0.29) is 34.7 Å². The summed E-state index contributed by atoms with van der Waals surface area (Å²) in [7, 11) is 0. The van der Waals surface area contributed by atoms with E-state index >= 15 is 0 Å². The van der Waals surface area contributed by atoms with Crippen molar-refractivity contribution in [2.75, 3.05) is 6.61 Å². The summed E-state index contributed by atoms with van der Waals surface area (Å²) in [6.45, 7) is 3.00. The molecule has 3 aromatic rings. The highest BCUT2D eigenvalue weighted by atomic mass is 16.5. The van der Waals surface area contributed by atoms with Gasteiger partial charge in [0.2, 0.25) is 0 Å². The lowest BCUT2D eigenvalue weighted by atomic mass is 9.95. The van der Waals surface area contributed by atoms with Gasteiger partial charge in [-0.2, -0.15) is 0 Å². The molecule has 3 aromatic heterocycles. The molecule has 32 heavy (non-hydrogen) atoms. The number of fused-ring (bicyclic) bond motifs is 2. The molecule has 1 amide bonds. The second kappa shape index (κ2) is 8.50. The van der Waals surface area contributed by atoms with Crippen LogP contribution in [0.5, 0.6) is 0 Å². The van der Waals surface area contributed by atoms with Crippen LogP contribution in [0.2, 0.25) is 0 Å². The number of carbonyl (C=O) groups is 1. The second-order valence-corrected chi connectivity index (χ2v) is 9.00. The van der Waals surface area contributed by atoms with Crippen LogP contribution in [0.25, 0.3) is 16.7 Å². The molecule has 0 bridgehead atoms. The lowest BCUT2D eigenvalue weighted by Crippen LogP contribution is -2.41. The molecular weight excluding hydrogens is 406 g/mol. The number of ether oxygens (including phenoxy) is 1. The third kappa shape index (κ3) is 3.72. The minimum Gasteiger partial charge on any atom is -0.376 e. The molecule has 5 rings (SSSR count). The molecular formula is C24H29N5O3. The number of nitrogens with zero attached hydrogens (tertiary/aromatic N) is 3. The van der Waals surface area contributed by atoms with Crippen LogP contribution in [-0.2, 0) is 11.3 Å². The van der Waals surface area contributed by atoms with Crippen molar-refractivity contribution in [1.29, 1.82) is 5.41 Å². The van der Waals surface area contributed by atoms with Gasteiger partial charge in [0.05, 0.1) is 23.6 Å². The summed E-state index contributed by atoms with van der Waals surface area (Å²) in [5.41, 5.74) is 1.92. The van der Waals surface area contributed by atoms with E-state index in [1.807, 2.05) is 19.1 Å². The minimum absolute atomic E-state index is 0.0546. The van der Waals surface area contributed by atoms with Crippen LogP contribution in [0.1, 0.15) is 60.9 Å². The number of aryl methyl sites for hydroxylation is 1. The van der Waals surface area contributed by atoms with Gasteiger partial charge in [-0.3, -0.25) is 19.4 Å². The van der Waals surface area contributed by atoms with Crippen molar-refractivity contribution in [2.45, 2.75) is 70.6 Å². The van der Waals surface area contributed by atoms with E-state index in [0.717, 1.165) is 44.1 Å². The Labute approximate surface area is 185 Å². The van der Waals surface area contributed by atoms with Gasteiger partial charge in [0.25, 0.3) is 11.5 Å². The summed E-state index contributed by atoms with van der Waals surface area (Å²) in [4.78, 5) is 31.4. The summed E-state index contributed by atoms with van der Waals surface area (Å²) < 4.78 is 9.01. The van der Waals surface area contributed by atoms with Crippen molar-refractivity contribution in [3.8, 4) is 0 Å². The summed E-state index contributed by atoms with van der Waals surface area (Å²) in [5, 5.41) is 12.3.